The van der Waals surface area contributed by atoms with Crippen LogP contribution in [0.2, 0.25) is 0 Å². The van der Waals surface area contributed by atoms with Crippen LogP contribution in [0.5, 0.6) is 0 Å². The van der Waals surface area contributed by atoms with Gasteiger partial charge in [-0.15, -0.1) is 0 Å². The van der Waals surface area contributed by atoms with E-state index in [9.17, 15) is 9.59 Å². The van der Waals surface area contributed by atoms with Crippen LogP contribution in [0.15, 0.2) is 18.2 Å². The normalized spacial score (nSPS) is 16.0. The first-order chi connectivity index (χ1) is 9.41. The molecule has 1 fully saturated rings. The fourth-order valence-corrected chi connectivity index (χ4v) is 2.16. The van der Waals surface area contributed by atoms with Crippen LogP contribution in [0.4, 0.5) is 0 Å². The van der Waals surface area contributed by atoms with Gasteiger partial charge in [-0.25, -0.2) is 9.78 Å². The standard InChI is InChI=1S/C15H20N2O3/c1-9(2)10(3)17(11-7-8-11)14(18)12-5-4-6-13(16-12)15(19)20/h4-6,9-11H,7-8H2,1-3H3,(H,19,20). The molecule has 1 aromatic rings. The van der Waals surface area contributed by atoms with Gasteiger partial charge in [-0.1, -0.05) is 19.9 Å². The van der Waals surface area contributed by atoms with Gasteiger partial charge >= 0.3 is 5.97 Å². The van der Waals surface area contributed by atoms with E-state index in [1.54, 1.807) is 12.1 Å². The second kappa shape index (κ2) is 5.61. The third-order valence-corrected chi connectivity index (χ3v) is 3.77. The number of aromatic carboxylic acids is 1. The summed E-state index contributed by atoms with van der Waals surface area (Å²) in [6, 6.07) is 4.93. The van der Waals surface area contributed by atoms with Gasteiger partial charge in [-0.3, -0.25) is 4.79 Å². The maximum absolute atomic E-state index is 12.6. The zero-order chi connectivity index (χ0) is 14.9. The molecule has 0 spiro atoms. The number of aromatic nitrogens is 1. The molecule has 1 unspecified atom stereocenters. The molecule has 0 bridgehead atoms. The summed E-state index contributed by atoms with van der Waals surface area (Å²) < 4.78 is 0. The van der Waals surface area contributed by atoms with E-state index in [2.05, 4.69) is 18.8 Å². The van der Waals surface area contributed by atoms with Crippen molar-refractivity contribution in [2.75, 3.05) is 0 Å². The van der Waals surface area contributed by atoms with Crippen molar-refractivity contribution in [3.05, 3.63) is 29.6 Å². The summed E-state index contributed by atoms with van der Waals surface area (Å²) >= 11 is 0. The number of amides is 1. The van der Waals surface area contributed by atoms with E-state index in [0.717, 1.165) is 12.8 Å². The lowest BCUT2D eigenvalue weighted by Gasteiger charge is -2.31. The number of carboxylic acid groups (broad SMARTS) is 1. The van der Waals surface area contributed by atoms with Gasteiger partial charge in [0.2, 0.25) is 0 Å². The van der Waals surface area contributed by atoms with Crippen LogP contribution in [0.1, 0.15) is 54.6 Å². The smallest absolute Gasteiger partial charge is 0.354 e. The lowest BCUT2D eigenvalue weighted by Crippen LogP contribution is -2.43. The average molecular weight is 276 g/mol. The van der Waals surface area contributed by atoms with Gasteiger partial charge in [0.1, 0.15) is 11.4 Å². The van der Waals surface area contributed by atoms with Crippen LogP contribution >= 0.6 is 0 Å². The molecular formula is C15H20N2O3. The van der Waals surface area contributed by atoms with Gasteiger partial charge in [0, 0.05) is 12.1 Å². The molecule has 1 atom stereocenters. The fourth-order valence-electron chi connectivity index (χ4n) is 2.16. The zero-order valence-corrected chi connectivity index (χ0v) is 12.0. The minimum absolute atomic E-state index is 0.0937. The molecule has 0 radical (unpaired) electrons. The molecule has 1 N–H and O–H groups in total. The molecule has 5 heteroatoms. The van der Waals surface area contributed by atoms with Gasteiger partial charge in [0.25, 0.3) is 5.91 Å². The van der Waals surface area contributed by atoms with E-state index in [0.29, 0.717) is 5.92 Å². The van der Waals surface area contributed by atoms with Gasteiger partial charge in [-0.05, 0) is 37.8 Å². The van der Waals surface area contributed by atoms with Crippen LogP contribution in [-0.4, -0.2) is 39.0 Å². The predicted octanol–water partition coefficient (Wildman–Crippen LogP) is 2.43. The molecule has 1 amide bonds. The molecule has 1 aliphatic carbocycles. The molecule has 1 aliphatic rings. The highest BCUT2D eigenvalue weighted by Gasteiger charge is 2.37. The molecule has 1 saturated carbocycles. The minimum atomic E-state index is -1.12. The Morgan fingerprint density at radius 1 is 1.25 bits per heavy atom. The Morgan fingerprint density at radius 2 is 1.85 bits per heavy atom. The number of hydrogen-bond donors (Lipinski definition) is 1. The topological polar surface area (TPSA) is 70.5 Å². The molecule has 1 aromatic heterocycles. The average Bonchev–Trinajstić information content (AvgIpc) is 3.23. The van der Waals surface area contributed by atoms with E-state index in [1.807, 2.05) is 11.8 Å². The molecule has 5 nitrogen and oxygen atoms in total. The third-order valence-electron chi connectivity index (χ3n) is 3.77. The van der Waals surface area contributed by atoms with Crippen molar-refractivity contribution < 1.29 is 14.7 Å². The van der Waals surface area contributed by atoms with Gasteiger partial charge in [0.05, 0.1) is 0 Å². The molecule has 108 valence electrons. The van der Waals surface area contributed by atoms with Crippen LogP contribution in [0.3, 0.4) is 0 Å². The Hall–Kier alpha value is -1.91. The van der Waals surface area contributed by atoms with Crippen molar-refractivity contribution in [1.82, 2.24) is 9.88 Å². The highest BCUT2D eigenvalue weighted by molar-refractivity contribution is 5.94. The van der Waals surface area contributed by atoms with Gasteiger partial charge in [-0.2, -0.15) is 0 Å². The summed E-state index contributed by atoms with van der Waals surface area (Å²) in [6.07, 6.45) is 2.03. The van der Waals surface area contributed by atoms with Crippen LogP contribution in [0.25, 0.3) is 0 Å². The largest absolute Gasteiger partial charge is 0.477 e. The van der Waals surface area contributed by atoms with E-state index < -0.39 is 5.97 Å². The van der Waals surface area contributed by atoms with Crippen molar-refractivity contribution in [1.29, 1.82) is 0 Å². The summed E-state index contributed by atoms with van der Waals surface area (Å²) in [5, 5.41) is 8.96. The number of carbonyl (C=O) groups is 2. The molecule has 1 heterocycles. The number of carboxylic acids is 1. The van der Waals surface area contributed by atoms with Crippen molar-refractivity contribution in [2.45, 2.75) is 45.7 Å². The second-order valence-corrected chi connectivity index (χ2v) is 5.64. The Morgan fingerprint density at radius 3 is 2.35 bits per heavy atom. The molecule has 0 aromatic carbocycles. The number of pyridine rings is 1. The van der Waals surface area contributed by atoms with E-state index in [-0.39, 0.29) is 29.4 Å². The van der Waals surface area contributed by atoms with Gasteiger partial charge in [0.15, 0.2) is 0 Å². The number of hydrogen-bond acceptors (Lipinski definition) is 3. The molecule has 20 heavy (non-hydrogen) atoms. The Bertz CT molecular complexity index is 524. The molecule has 2 rings (SSSR count). The minimum Gasteiger partial charge on any atom is -0.477 e. The number of nitrogens with zero attached hydrogens (tertiary/aromatic N) is 2. The van der Waals surface area contributed by atoms with Crippen LogP contribution in [-0.2, 0) is 0 Å². The number of rotatable bonds is 5. The fraction of sp³-hybridized carbons (Fsp3) is 0.533. The lowest BCUT2D eigenvalue weighted by atomic mass is 10.0. The van der Waals surface area contributed by atoms with Gasteiger partial charge < -0.3 is 10.0 Å². The van der Waals surface area contributed by atoms with Crippen LogP contribution < -0.4 is 0 Å². The van der Waals surface area contributed by atoms with E-state index >= 15 is 0 Å². The van der Waals surface area contributed by atoms with Crippen molar-refractivity contribution in [3.8, 4) is 0 Å². The summed E-state index contributed by atoms with van der Waals surface area (Å²) in [5.41, 5.74) is 0.119. The molecule has 0 aliphatic heterocycles. The predicted molar refractivity (Wildman–Crippen MR) is 74.7 cm³/mol. The van der Waals surface area contributed by atoms with Crippen molar-refractivity contribution in [2.24, 2.45) is 5.92 Å². The first kappa shape index (κ1) is 14.5. The first-order valence-electron chi connectivity index (χ1n) is 6.94. The zero-order valence-electron chi connectivity index (χ0n) is 12.0. The molecular weight excluding hydrogens is 256 g/mol. The van der Waals surface area contributed by atoms with E-state index in [4.69, 9.17) is 5.11 Å². The second-order valence-electron chi connectivity index (χ2n) is 5.64. The SMILES string of the molecule is CC(C)C(C)N(C(=O)c1cccc(C(=O)O)n1)C1CC1. The van der Waals surface area contributed by atoms with Crippen molar-refractivity contribution in [3.63, 3.8) is 0 Å². The monoisotopic (exact) mass is 276 g/mol. The highest BCUT2D eigenvalue weighted by Crippen LogP contribution is 2.31. The van der Waals surface area contributed by atoms with E-state index in [1.165, 1.54) is 6.07 Å². The summed E-state index contributed by atoms with van der Waals surface area (Å²) in [7, 11) is 0. The summed E-state index contributed by atoms with van der Waals surface area (Å²) in [5.74, 6) is -0.937. The van der Waals surface area contributed by atoms with Crippen LogP contribution in [0, 0.1) is 5.92 Å². The maximum atomic E-state index is 12.6. The highest BCUT2D eigenvalue weighted by atomic mass is 16.4. The Kier molecular flexibility index (Phi) is 4.06. The maximum Gasteiger partial charge on any atom is 0.354 e. The Balaban J connectivity index is 2.28. The molecule has 0 saturated heterocycles. The summed E-state index contributed by atoms with van der Waals surface area (Å²) in [6.45, 7) is 6.19. The van der Waals surface area contributed by atoms with Crippen molar-refractivity contribution >= 4 is 11.9 Å². The third kappa shape index (κ3) is 2.98. The quantitative estimate of drug-likeness (QED) is 0.896. The Labute approximate surface area is 118 Å². The summed E-state index contributed by atoms with van der Waals surface area (Å²) in [4.78, 5) is 29.4. The lowest BCUT2D eigenvalue weighted by molar-refractivity contribution is 0.0621. The number of carbonyl (C=O) groups excluding carboxylic acids is 1. The first-order valence-corrected chi connectivity index (χ1v) is 6.94.